The highest BCUT2D eigenvalue weighted by molar-refractivity contribution is 7.18. The molecule has 3 aromatic rings. The van der Waals surface area contributed by atoms with Crippen LogP contribution in [0.5, 0.6) is 0 Å². The quantitative estimate of drug-likeness (QED) is 0.505. The molecule has 1 unspecified atom stereocenters. The maximum absolute atomic E-state index is 14.3. The van der Waals surface area contributed by atoms with E-state index in [2.05, 4.69) is 0 Å². The number of hydrogen-bond donors (Lipinski definition) is 0. The molecule has 2 saturated heterocycles. The molecule has 0 bridgehead atoms. The predicted molar refractivity (Wildman–Crippen MR) is 123 cm³/mol. The zero-order valence-electron chi connectivity index (χ0n) is 18.2. The molecule has 1 aromatic heterocycles. The zero-order chi connectivity index (χ0) is 23.1. The van der Waals surface area contributed by atoms with Crippen LogP contribution in [0.4, 0.5) is 13.2 Å². The Hall–Kier alpha value is -2.45. The fourth-order valence-corrected chi connectivity index (χ4v) is 6.23. The number of hydrogen-bond acceptors (Lipinski definition) is 4. The lowest BCUT2D eigenvalue weighted by Crippen LogP contribution is -2.55. The Morgan fingerprint density at radius 2 is 1.73 bits per heavy atom. The van der Waals surface area contributed by atoms with Crippen LogP contribution >= 0.6 is 11.3 Å². The summed E-state index contributed by atoms with van der Waals surface area (Å²) in [5.41, 5.74) is -0.402. The van der Waals surface area contributed by atoms with E-state index >= 15 is 0 Å². The monoisotopic (exact) mass is 473 g/mol. The van der Waals surface area contributed by atoms with Crippen LogP contribution in [0.1, 0.15) is 35.8 Å². The number of rotatable bonds is 4. The number of para-hydroxylation sites is 1. The van der Waals surface area contributed by atoms with Gasteiger partial charge in [0.2, 0.25) is 5.91 Å². The van der Waals surface area contributed by atoms with Crippen LogP contribution in [0.25, 0.3) is 10.2 Å². The van der Waals surface area contributed by atoms with Gasteiger partial charge in [-0.25, -0.2) is 4.98 Å². The normalized spacial score (nSPS) is 22.8. The number of fused-ring (bicyclic) bond motifs is 1. The molecular formula is C25H26F3N3OS. The van der Waals surface area contributed by atoms with Crippen LogP contribution in [-0.2, 0) is 11.3 Å². The van der Waals surface area contributed by atoms with Crippen molar-refractivity contribution in [2.45, 2.75) is 37.9 Å². The second-order valence-corrected chi connectivity index (χ2v) is 10.2. The molecule has 4 nitrogen and oxygen atoms in total. The van der Waals surface area contributed by atoms with Crippen LogP contribution in [0, 0.1) is 5.41 Å². The first-order valence-corrected chi connectivity index (χ1v) is 12.2. The minimum atomic E-state index is -4.57. The Balaban J connectivity index is 1.27. The van der Waals surface area contributed by atoms with Gasteiger partial charge in [0.15, 0.2) is 5.41 Å². The van der Waals surface area contributed by atoms with E-state index in [0.717, 1.165) is 20.8 Å². The van der Waals surface area contributed by atoms with Crippen LogP contribution in [-0.4, -0.2) is 53.0 Å². The number of nitrogens with zero attached hydrogens (tertiary/aromatic N) is 3. The third-order valence-electron chi connectivity index (χ3n) is 6.99. The summed E-state index contributed by atoms with van der Waals surface area (Å²) >= 11 is 1.64. The lowest BCUT2D eigenvalue weighted by Gasteiger charge is -2.39. The van der Waals surface area contributed by atoms with E-state index < -0.39 is 17.5 Å². The molecule has 33 heavy (non-hydrogen) atoms. The summed E-state index contributed by atoms with van der Waals surface area (Å²) in [6.07, 6.45) is -3.46. The fraction of sp³-hybridized carbons (Fsp3) is 0.440. The molecule has 3 heterocycles. The molecule has 8 heteroatoms. The van der Waals surface area contributed by atoms with Crippen LogP contribution in [0.3, 0.4) is 0 Å². The Kier molecular flexibility index (Phi) is 5.91. The number of halogens is 3. The summed E-state index contributed by atoms with van der Waals surface area (Å²) in [7, 11) is 0. The first-order valence-electron chi connectivity index (χ1n) is 11.3. The van der Waals surface area contributed by atoms with Crippen LogP contribution in [0.2, 0.25) is 0 Å². The molecule has 0 N–H and O–H groups in total. The summed E-state index contributed by atoms with van der Waals surface area (Å²) in [4.78, 5) is 21.2. The van der Waals surface area contributed by atoms with Crippen molar-refractivity contribution in [2.24, 2.45) is 5.41 Å². The Morgan fingerprint density at radius 3 is 2.42 bits per heavy atom. The molecule has 5 rings (SSSR count). The van der Waals surface area contributed by atoms with Gasteiger partial charge in [0, 0.05) is 32.1 Å². The highest BCUT2D eigenvalue weighted by atomic mass is 32.1. The lowest BCUT2D eigenvalue weighted by molar-refractivity contribution is -0.224. The largest absolute Gasteiger partial charge is 0.404 e. The summed E-state index contributed by atoms with van der Waals surface area (Å²) in [5, 5.41) is 1.02. The number of thiazole rings is 1. The Bertz CT molecular complexity index is 1090. The second-order valence-electron chi connectivity index (χ2n) is 9.11. The molecule has 2 aliphatic heterocycles. The molecule has 1 amide bonds. The topological polar surface area (TPSA) is 36.4 Å². The van der Waals surface area contributed by atoms with E-state index in [1.165, 1.54) is 4.90 Å². The van der Waals surface area contributed by atoms with Crippen molar-refractivity contribution in [3.8, 4) is 0 Å². The molecule has 0 spiro atoms. The molecule has 174 valence electrons. The number of alkyl halides is 3. The molecule has 2 aromatic carbocycles. The third-order valence-corrected chi connectivity index (χ3v) is 8.19. The summed E-state index contributed by atoms with van der Waals surface area (Å²) in [6.45, 7) is 1.10. The molecule has 0 aliphatic carbocycles. The highest BCUT2D eigenvalue weighted by Crippen LogP contribution is 2.48. The first kappa shape index (κ1) is 22.3. The average molecular weight is 474 g/mol. The van der Waals surface area contributed by atoms with Crippen molar-refractivity contribution < 1.29 is 18.0 Å². The van der Waals surface area contributed by atoms with Gasteiger partial charge in [-0.3, -0.25) is 9.69 Å². The van der Waals surface area contributed by atoms with E-state index in [0.29, 0.717) is 32.5 Å². The predicted octanol–water partition coefficient (Wildman–Crippen LogP) is 5.46. The van der Waals surface area contributed by atoms with E-state index in [-0.39, 0.29) is 25.4 Å². The number of carbonyl (C=O) groups is 1. The van der Waals surface area contributed by atoms with Gasteiger partial charge >= 0.3 is 6.18 Å². The lowest BCUT2D eigenvalue weighted by atomic mass is 9.83. The minimum absolute atomic E-state index is 0.181. The van der Waals surface area contributed by atoms with Crippen molar-refractivity contribution in [3.63, 3.8) is 0 Å². The van der Waals surface area contributed by atoms with Crippen molar-refractivity contribution in [2.75, 3.05) is 26.2 Å². The maximum Gasteiger partial charge on any atom is 0.404 e. The van der Waals surface area contributed by atoms with Gasteiger partial charge in [0.25, 0.3) is 0 Å². The molecule has 1 atom stereocenters. The van der Waals surface area contributed by atoms with Crippen LogP contribution in [0.15, 0.2) is 54.6 Å². The molecule has 2 fully saturated rings. The average Bonchev–Trinajstić information content (AvgIpc) is 3.44. The number of benzene rings is 2. The molecular weight excluding hydrogens is 447 g/mol. The van der Waals surface area contributed by atoms with E-state index in [1.54, 1.807) is 16.2 Å². The Morgan fingerprint density at radius 1 is 1.03 bits per heavy atom. The standard InChI is InChI=1S/C25H26F3N3OS/c26-25(27,28)24(12-15-30(17-24)16-18-6-2-1-3-7-18)23(32)31-13-10-19(11-14-31)22-29-20-8-4-5-9-21(20)33-22/h1-9,19H,10-17H2. The summed E-state index contributed by atoms with van der Waals surface area (Å²) in [5.74, 6) is -0.570. The second kappa shape index (κ2) is 8.72. The minimum Gasteiger partial charge on any atom is -0.342 e. The van der Waals surface area contributed by atoms with Gasteiger partial charge in [0.1, 0.15) is 0 Å². The smallest absolute Gasteiger partial charge is 0.342 e. The van der Waals surface area contributed by atoms with E-state index in [9.17, 15) is 18.0 Å². The van der Waals surface area contributed by atoms with Gasteiger partial charge in [-0.05, 0) is 43.5 Å². The SMILES string of the molecule is O=C(N1CCC(c2nc3ccccc3s2)CC1)C1(C(F)(F)F)CCN(Cc2ccccc2)C1. The number of likely N-dealkylation sites (tertiary alicyclic amines) is 2. The van der Waals surface area contributed by atoms with Crippen LogP contribution < -0.4 is 0 Å². The number of piperidine rings is 1. The maximum atomic E-state index is 14.3. The van der Waals surface area contributed by atoms with E-state index in [4.69, 9.17) is 4.98 Å². The zero-order valence-corrected chi connectivity index (χ0v) is 19.0. The molecule has 0 radical (unpaired) electrons. The van der Waals surface area contributed by atoms with Gasteiger partial charge in [-0.1, -0.05) is 42.5 Å². The third kappa shape index (κ3) is 4.26. The molecule has 0 saturated carbocycles. The Labute approximate surface area is 195 Å². The van der Waals surface area contributed by atoms with E-state index in [1.807, 2.05) is 54.6 Å². The van der Waals surface area contributed by atoms with Gasteiger partial charge < -0.3 is 4.90 Å². The summed E-state index contributed by atoms with van der Waals surface area (Å²) in [6, 6.07) is 17.4. The highest BCUT2D eigenvalue weighted by Gasteiger charge is 2.64. The fourth-order valence-electron chi connectivity index (χ4n) is 5.09. The number of carbonyl (C=O) groups excluding carboxylic acids is 1. The van der Waals surface area contributed by atoms with Crippen molar-refractivity contribution in [1.82, 2.24) is 14.8 Å². The van der Waals surface area contributed by atoms with Crippen molar-refractivity contribution in [1.29, 1.82) is 0 Å². The van der Waals surface area contributed by atoms with Gasteiger partial charge in [0.05, 0.1) is 15.2 Å². The molecule has 2 aliphatic rings. The summed E-state index contributed by atoms with van der Waals surface area (Å²) < 4.78 is 44.0. The van der Waals surface area contributed by atoms with Crippen molar-refractivity contribution in [3.05, 3.63) is 65.2 Å². The van der Waals surface area contributed by atoms with Gasteiger partial charge in [-0.2, -0.15) is 13.2 Å². The van der Waals surface area contributed by atoms with Gasteiger partial charge in [-0.15, -0.1) is 11.3 Å². The van der Waals surface area contributed by atoms with Crippen molar-refractivity contribution >= 4 is 27.5 Å². The number of amides is 1. The number of aromatic nitrogens is 1. The first-order chi connectivity index (χ1) is 15.9.